The second kappa shape index (κ2) is 10.6. The van der Waals surface area contributed by atoms with Gasteiger partial charge in [-0.05, 0) is 73.4 Å². The van der Waals surface area contributed by atoms with Crippen molar-refractivity contribution in [3.05, 3.63) is 84.2 Å². The smallest absolute Gasteiger partial charge is 0.332 e. The number of aromatic nitrogens is 2. The molecule has 1 saturated heterocycles. The van der Waals surface area contributed by atoms with Crippen molar-refractivity contribution in [1.29, 1.82) is 0 Å². The fourth-order valence-corrected chi connectivity index (χ4v) is 6.02. The number of fused-ring (bicyclic) bond motifs is 1. The SMILES string of the molecule is Cc1ccc2nc([C@H](CC3CCCCC3)N3C(=O)CN(c4ccc(Oc5ccccc5)cc4)C3=O)n(C)c2c1. The van der Waals surface area contributed by atoms with Gasteiger partial charge in [0.05, 0.1) is 17.1 Å². The van der Waals surface area contributed by atoms with Gasteiger partial charge in [0.15, 0.2) is 0 Å². The summed E-state index contributed by atoms with van der Waals surface area (Å²) >= 11 is 0. The summed E-state index contributed by atoms with van der Waals surface area (Å²) in [6.45, 7) is 2.08. The van der Waals surface area contributed by atoms with Gasteiger partial charge in [-0.1, -0.05) is 56.4 Å². The lowest BCUT2D eigenvalue weighted by molar-refractivity contribution is -0.127. The molecule has 4 aromatic rings. The van der Waals surface area contributed by atoms with E-state index < -0.39 is 6.04 Å². The number of hydrogen-bond acceptors (Lipinski definition) is 4. The number of ether oxygens (including phenoxy) is 1. The molecule has 1 aromatic heterocycles. The van der Waals surface area contributed by atoms with E-state index in [1.807, 2.05) is 73.8 Å². The van der Waals surface area contributed by atoms with Gasteiger partial charge in [-0.3, -0.25) is 14.6 Å². The molecule has 0 spiro atoms. The number of rotatable bonds is 7. The van der Waals surface area contributed by atoms with Crippen LogP contribution in [0.4, 0.5) is 10.5 Å². The van der Waals surface area contributed by atoms with Crippen molar-refractivity contribution in [2.24, 2.45) is 13.0 Å². The third kappa shape index (κ3) is 5.01. The van der Waals surface area contributed by atoms with E-state index in [0.717, 1.165) is 47.4 Å². The molecule has 200 valence electrons. The Hall–Kier alpha value is -4.13. The molecule has 1 aliphatic carbocycles. The van der Waals surface area contributed by atoms with E-state index in [2.05, 4.69) is 17.6 Å². The molecule has 0 radical (unpaired) electrons. The molecule has 1 aliphatic heterocycles. The number of imide groups is 1. The first-order chi connectivity index (χ1) is 19.0. The Kier molecular flexibility index (Phi) is 6.81. The molecule has 6 rings (SSSR count). The van der Waals surface area contributed by atoms with Crippen LogP contribution in [0.3, 0.4) is 0 Å². The molecule has 3 aromatic carbocycles. The van der Waals surface area contributed by atoms with Crippen LogP contribution < -0.4 is 9.64 Å². The molecule has 1 atom stereocenters. The van der Waals surface area contributed by atoms with Gasteiger partial charge in [0, 0.05) is 12.7 Å². The first-order valence-corrected chi connectivity index (χ1v) is 13.9. The quantitative estimate of drug-likeness (QED) is 0.242. The summed E-state index contributed by atoms with van der Waals surface area (Å²) in [6, 6.07) is 22.4. The summed E-state index contributed by atoms with van der Waals surface area (Å²) in [5.41, 5.74) is 3.73. The minimum absolute atomic E-state index is 0.0158. The highest BCUT2D eigenvalue weighted by atomic mass is 16.5. The fraction of sp³-hybridized carbons (Fsp3) is 0.344. The van der Waals surface area contributed by atoms with Gasteiger partial charge in [0.2, 0.25) is 0 Å². The molecule has 1 saturated carbocycles. The average molecular weight is 523 g/mol. The highest BCUT2D eigenvalue weighted by Crippen LogP contribution is 2.38. The number of hydrogen-bond donors (Lipinski definition) is 0. The molecule has 0 unspecified atom stereocenters. The topological polar surface area (TPSA) is 67.7 Å². The number of amides is 3. The highest BCUT2D eigenvalue weighted by Gasteiger charge is 2.44. The Labute approximate surface area is 229 Å². The van der Waals surface area contributed by atoms with Crippen molar-refractivity contribution < 1.29 is 14.3 Å². The number of carbonyl (C=O) groups is 2. The molecule has 2 aliphatic rings. The molecule has 39 heavy (non-hydrogen) atoms. The maximum atomic E-state index is 13.9. The summed E-state index contributed by atoms with van der Waals surface area (Å²) in [6.07, 6.45) is 6.65. The summed E-state index contributed by atoms with van der Waals surface area (Å²) in [5.74, 6) is 2.47. The number of nitrogens with zero attached hydrogens (tertiary/aromatic N) is 4. The predicted octanol–water partition coefficient (Wildman–Crippen LogP) is 7.15. The summed E-state index contributed by atoms with van der Waals surface area (Å²) in [7, 11) is 1.99. The van der Waals surface area contributed by atoms with E-state index in [0.29, 0.717) is 17.4 Å². The Morgan fingerprint density at radius 1 is 0.923 bits per heavy atom. The van der Waals surface area contributed by atoms with Gasteiger partial charge in [-0.25, -0.2) is 9.78 Å². The van der Waals surface area contributed by atoms with Crippen LogP contribution in [0.5, 0.6) is 11.5 Å². The van der Waals surface area contributed by atoms with Crippen molar-refractivity contribution >= 4 is 28.7 Å². The van der Waals surface area contributed by atoms with Crippen molar-refractivity contribution in [3.63, 3.8) is 0 Å². The van der Waals surface area contributed by atoms with E-state index in [1.165, 1.54) is 24.2 Å². The van der Waals surface area contributed by atoms with E-state index in [-0.39, 0.29) is 18.5 Å². The zero-order valence-electron chi connectivity index (χ0n) is 22.5. The van der Waals surface area contributed by atoms with E-state index in [1.54, 1.807) is 4.90 Å². The van der Waals surface area contributed by atoms with Crippen LogP contribution in [-0.4, -0.2) is 32.9 Å². The van der Waals surface area contributed by atoms with Crippen molar-refractivity contribution in [1.82, 2.24) is 14.5 Å². The molecule has 7 heteroatoms. The number of imidazole rings is 1. The Balaban J connectivity index is 1.29. The number of aryl methyl sites for hydroxylation is 2. The number of urea groups is 1. The Morgan fingerprint density at radius 3 is 2.38 bits per heavy atom. The maximum absolute atomic E-state index is 13.9. The van der Waals surface area contributed by atoms with Gasteiger partial charge >= 0.3 is 6.03 Å². The van der Waals surface area contributed by atoms with E-state index in [4.69, 9.17) is 9.72 Å². The zero-order valence-corrected chi connectivity index (χ0v) is 22.5. The van der Waals surface area contributed by atoms with Gasteiger partial charge in [-0.2, -0.15) is 0 Å². The number of carbonyl (C=O) groups excluding carboxylic acids is 2. The summed E-state index contributed by atoms with van der Waals surface area (Å²) in [4.78, 5) is 35.4. The molecule has 3 amide bonds. The molecule has 0 N–H and O–H groups in total. The van der Waals surface area contributed by atoms with E-state index >= 15 is 0 Å². The molecule has 2 heterocycles. The number of para-hydroxylation sites is 1. The summed E-state index contributed by atoms with van der Waals surface area (Å²) < 4.78 is 7.97. The Bertz CT molecular complexity index is 1490. The van der Waals surface area contributed by atoms with Crippen LogP contribution in [0.15, 0.2) is 72.8 Å². The lowest BCUT2D eigenvalue weighted by Gasteiger charge is -2.31. The van der Waals surface area contributed by atoms with Crippen molar-refractivity contribution in [2.75, 3.05) is 11.4 Å². The minimum atomic E-state index is -0.406. The first kappa shape index (κ1) is 25.2. The van der Waals surface area contributed by atoms with Gasteiger partial charge in [0.25, 0.3) is 5.91 Å². The maximum Gasteiger partial charge on any atom is 0.332 e. The molecular formula is C32H34N4O3. The number of anilines is 1. The highest BCUT2D eigenvalue weighted by molar-refractivity contribution is 6.12. The standard InChI is InChI=1S/C32H34N4O3/c1-22-13-18-27-28(19-22)34(2)31(33-27)29(20-23-9-5-3-6-10-23)36-30(37)21-35(32(36)38)24-14-16-26(17-15-24)39-25-11-7-4-8-12-25/h4,7-8,11-19,23,29H,3,5-6,9-10,20-21H2,1-2H3/t29-/m0/s1. The minimum Gasteiger partial charge on any atom is -0.457 e. The van der Waals surface area contributed by atoms with Gasteiger partial charge < -0.3 is 9.30 Å². The lowest BCUT2D eigenvalue weighted by Crippen LogP contribution is -2.38. The van der Waals surface area contributed by atoms with Gasteiger partial charge in [-0.15, -0.1) is 0 Å². The van der Waals surface area contributed by atoms with Crippen LogP contribution in [0.1, 0.15) is 56.0 Å². The molecule has 2 fully saturated rings. The third-order valence-electron chi connectivity index (χ3n) is 8.09. The van der Waals surface area contributed by atoms with Crippen LogP contribution in [-0.2, 0) is 11.8 Å². The van der Waals surface area contributed by atoms with Crippen molar-refractivity contribution in [3.8, 4) is 11.5 Å². The second-order valence-electron chi connectivity index (χ2n) is 10.8. The van der Waals surface area contributed by atoms with Crippen molar-refractivity contribution in [2.45, 2.75) is 51.5 Å². The largest absolute Gasteiger partial charge is 0.457 e. The second-order valence-corrected chi connectivity index (χ2v) is 10.8. The molecule has 7 nitrogen and oxygen atoms in total. The molecular weight excluding hydrogens is 488 g/mol. The third-order valence-corrected chi connectivity index (χ3v) is 8.09. The van der Waals surface area contributed by atoms with Crippen LogP contribution in [0.2, 0.25) is 0 Å². The monoisotopic (exact) mass is 522 g/mol. The zero-order chi connectivity index (χ0) is 26.9. The fourth-order valence-electron chi connectivity index (χ4n) is 6.02. The molecule has 0 bridgehead atoms. The number of benzene rings is 3. The normalized spacial score (nSPS) is 17.3. The summed E-state index contributed by atoms with van der Waals surface area (Å²) in [5, 5.41) is 0. The Morgan fingerprint density at radius 2 is 1.64 bits per heavy atom. The van der Waals surface area contributed by atoms with Crippen LogP contribution in [0.25, 0.3) is 11.0 Å². The predicted molar refractivity (Wildman–Crippen MR) is 152 cm³/mol. The van der Waals surface area contributed by atoms with E-state index in [9.17, 15) is 9.59 Å². The van der Waals surface area contributed by atoms with Crippen LogP contribution >= 0.6 is 0 Å². The average Bonchev–Trinajstić information content (AvgIpc) is 3.44. The first-order valence-electron chi connectivity index (χ1n) is 13.9. The lowest BCUT2D eigenvalue weighted by atomic mass is 9.84. The van der Waals surface area contributed by atoms with Crippen LogP contribution in [0, 0.1) is 12.8 Å². The van der Waals surface area contributed by atoms with Gasteiger partial charge in [0.1, 0.15) is 23.9 Å².